The van der Waals surface area contributed by atoms with E-state index in [0.29, 0.717) is 6.01 Å². The molecule has 2 saturated heterocycles. The van der Waals surface area contributed by atoms with E-state index >= 15 is 0 Å². The zero-order valence-electron chi connectivity index (χ0n) is 17.6. The zero-order valence-corrected chi connectivity index (χ0v) is 18.4. The molecule has 2 aromatic rings. The van der Waals surface area contributed by atoms with Gasteiger partial charge < -0.3 is 24.7 Å². The number of amides is 1. The van der Waals surface area contributed by atoms with E-state index in [2.05, 4.69) is 14.8 Å². The SMILES string of the molecule is COc1ccc2oc(N3CCN(CCCCC(N)C(=O)N4CCSC4)CC3)nc2c1. The van der Waals surface area contributed by atoms with Gasteiger partial charge in [0.1, 0.15) is 11.3 Å². The van der Waals surface area contributed by atoms with Crippen LogP contribution >= 0.6 is 11.8 Å². The largest absolute Gasteiger partial charge is 0.497 e. The van der Waals surface area contributed by atoms with E-state index in [4.69, 9.17) is 14.9 Å². The number of methoxy groups -OCH3 is 1. The third-order valence-electron chi connectivity index (χ3n) is 5.85. The summed E-state index contributed by atoms with van der Waals surface area (Å²) in [6.45, 7) is 5.65. The van der Waals surface area contributed by atoms with Crippen molar-refractivity contribution in [2.24, 2.45) is 5.73 Å². The minimum absolute atomic E-state index is 0.115. The van der Waals surface area contributed by atoms with Crippen LogP contribution in [0.15, 0.2) is 22.6 Å². The van der Waals surface area contributed by atoms with E-state index < -0.39 is 0 Å². The molecule has 0 saturated carbocycles. The van der Waals surface area contributed by atoms with Gasteiger partial charge in [-0.1, -0.05) is 6.42 Å². The Morgan fingerprint density at radius 1 is 1.27 bits per heavy atom. The fourth-order valence-electron chi connectivity index (χ4n) is 3.97. The number of unbranched alkanes of at least 4 members (excludes halogenated alkanes) is 1. The van der Waals surface area contributed by atoms with Crippen molar-refractivity contribution in [3.05, 3.63) is 18.2 Å². The first kappa shape index (κ1) is 21.3. The molecule has 0 aliphatic carbocycles. The Bertz CT molecular complexity index is 846. The van der Waals surface area contributed by atoms with E-state index in [9.17, 15) is 4.79 Å². The molecule has 1 amide bonds. The Morgan fingerprint density at radius 3 is 2.83 bits per heavy atom. The maximum absolute atomic E-state index is 12.3. The number of fused-ring (bicyclic) bond motifs is 1. The molecule has 2 fully saturated rings. The second-order valence-electron chi connectivity index (χ2n) is 7.90. The number of hydrogen-bond donors (Lipinski definition) is 1. The second-order valence-corrected chi connectivity index (χ2v) is 8.97. The highest BCUT2D eigenvalue weighted by atomic mass is 32.2. The quantitative estimate of drug-likeness (QED) is 0.633. The van der Waals surface area contributed by atoms with Crippen molar-refractivity contribution in [3.63, 3.8) is 0 Å². The Balaban J connectivity index is 1.17. The number of benzene rings is 1. The molecular weight excluding hydrogens is 402 g/mol. The first-order valence-corrected chi connectivity index (χ1v) is 11.8. The van der Waals surface area contributed by atoms with Crippen molar-refractivity contribution in [2.75, 3.05) is 62.9 Å². The van der Waals surface area contributed by atoms with E-state index in [-0.39, 0.29) is 11.9 Å². The predicted octanol–water partition coefficient (Wildman–Crippen LogP) is 1.99. The Hall–Kier alpha value is -1.97. The molecule has 2 aliphatic rings. The van der Waals surface area contributed by atoms with Crippen molar-refractivity contribution in [2.45, 2.75) is 25.3 Å². The lowest BCUT2D eigenvalue weighted by molar-refractivity contribution is -0.131. The van der Waals surface area contributed by atoms with Crippen molar-refractivity contribution in [1.82, 2.24) is 14.8 Å². The molecule has 0 spiro atoms. The number of hydrogen-bond acceptors (Lipinski definition) is 8. The summed E-state index contributed by atoms with van der Waals surface area (Å²) in [5.74, 6) is 2.73. The molecule has 1 aromatic heterocycles. The normalized spacial score (nSPS) is 18.9. The molecule has 2 N–H and O–H groups in total. The summed E-state index contributed by atoms with van der Waals surface area (Å²) in [5.41, 5.74) is 7.71. The summed E-state index contributed by atoms with van der Waals surface area (Å²) in [6, 6.07) is 6.02. The van der Waals surface area contributed by atoms with Gasteiger partial charge in [0.2, 0.25) is 5.91 Å². The number of aromatic nitrogens is 1. The van der Waals surface area contributed by atoms with Crippen LogP contribution in [0.2, 0.25) is 0 Å². The number of ether oxygens (including phenoxy) is 1. The second kappa shape index (κ2) is 9.89. The monoisotopic (exact) mass is 433 g/mol. The number of oxazole rings is 1. The van der Waals surface area contributed by atoms with Gasteiger partial charge in [0.05, 0.1) is 19.0 Å². The number of nitrogens with zero attached hydrogens (tertiary/aromatic N) is 4. The molecule has 3 heterocycles. The zero-order chi connectivity index (χ0) is 20.9. The van der Waals surface area contributed by atoms with Crippen LogP contribution < -0.4 is 15.4 Å². The highest BCUT2D eigenvalue weighted by molar-refractivity contribution is 7.99. The maximum atomic E-state index is 12.3. The average Bonchev–Trinajstić information content (AvgIpc) is 3.46. The number of rotatable bonds is 8. The topological polar surface area (TPSA) is 88.1 Å². The summed E-state index contributed by atoms with van der Waals surface area (Å²) in [6.07, 6.45) is 2.83. The fraction of sp³-hybridized carbons (Fsp3) is 0.619. The number of thioether (sulfide) groups is 1. The van der Waals surface area contributed by atoms with Crippen molar-refractivity contribution < 1.29 is 13.9 Å². The summed E-state index contributed by atoms with van der Waals surface area (Å²) < 4.78 is 11.2. The van der Waals surface area contributed by atoms with E-state index in [1.165, 1.54) is 0 Å². The van der Waals surface area contributed by atoms with Crippen LogP contribution in [-0.2, 0) is 4.79 Å². The van der Waals surface area contributed by atoms with Crippen LogP contribution in [0, 0.1) is 0 Å². The van der Waals surface area contributed by atoms with Crippen LogP contribution in [0.5, 0.6) is 5.75 Å². The Labute approximate surface area is 181 Å². The first-order chi connectivity index (χ1) is 14.6. The lowest BCUT2D eigenvalue weighted by Gasteiger charge is -2.33. The van der Waals surface area contributed by atoms with Gasteiger partial charge in [0.25, 0.3) is 6.01 Å². The standard InChI is InChI=1S/C21H31N5O3S/c1-28-16-5-6-19-18(14-16)23-21(29-19)25-10-8-24(9-11-25)7-3-2-4-17(22)20(27)26-12-13-30-15-26/h5-6,14,17H,2-4,7-13,15,22H2,1H3. The molecule has 1 unspecified atom stereocenters. The molecule has 30 heavy (non-hydrogen) atoms. The van der Waals surface area contributed by atoms with Crippen molar-refractivity contribution in [3.8, 4) is 5.75 Å². The van der Waals surface area contributed by atoms with Gasteiger partial charge in [-0.2, -0.15) is 4.98 Å². The molecule has 4 rings (SSSR count). The highest BCUT2D eigenvalue weighted by Gasteiger charge is 2.24. The lowest BCUT2D eigenvalue weighted by Crippen LogP contribution is -2.46. The predicted molar refractivity (Wildman–Crippen MR) is 120 cm³/mol. The first-order valence-electron chi connectivity index (χ1n) is 10.7. The number of carbonyl (C=O) groups is 1. The third kappa shape index (κ3) is 5.01. The summed E-state index contributed by atoms with van der Waals surface area (Å²) >= 11 is 1.80. The molecule has 164 valence electrons. The fourth-order valence-corrected chi connectivity index (χ4v) is 4.92. The maximum Gasteiger partial charge on any atom is 0.298 e. The number of anilines is 1. The summed E-state index contributed by atoms with van der Waals surface area (Å²) in [7, 11) is 1.65. The van der Waals surface area contributed by atoms with Crippen LogP contribution in [0.1, 0.15) is 19.3 Å². The minimum atomic E-state index is -0.349. The molecule has 0 bridgehead atoms. The van der Waals surface area contributed by atoms with E-state index in [0.717, 1.165) is 87.0 Å². The number of carbonyl (C=O) groups excluding carboxylic acids is 1. The Kier molecular flexibility index (Phi) is 7.01. The summed E-state index contributed by atoms with van der Waals surface area (Å²) in [4.78, 5) is 23.4. The number of piperazine rings is 1. The average molecular weight is 434 g/mol. The molecule has 0 radical (unpaired) electrons. The van der Waals surface area contributed by atoms with Gasteiger partial charge >= 0.3 is 0 Å². The molecule has 2 aliphatic heterocycles. The van der Waals surface area contributed by atoms with Gasteiger partial charge in [0.15, 0.2) is 5.58 Å². The molecule has 9 heteroatoms. The smallest absolute Gasteiger partial charge is 0.298 e. The van der Waals surface area contributed by atoms with Gasteiger partial charge in [-0.25, -0.2) is 0 Å². The van der Waals surface area contributed by atoms with Gasteiger partial charge in [0, 0.05) is 44.5 Å². The van der Waals surface area contributed by atoms with E-state index in [1.807, 2.05) is 23.1 Å². The highest BCUT2D eigenvalue weighted by Crippen LogP contribution is 2.26. The van der Waals surface area contributed by atoms with E-state index in [1.54, 1.807) is 18.9 Å². The van der Waals surface area contributed by atoms with Gasteiger partial charge in [-0.15, -0.1) is 11.8 Å². The molecule has 1 aromatic carbocycles. The third-order valence-corrected chi connectivity index (χ3v) is 6.81. The van der Waals surface area contributed by atoms with Gasteiger partial charge in [-0.05, 0) is 31.5 Å². The van der Waals surface area contributed by atoms with Crippen LogP contribution in [-0.4, -0.2) is 84.7 Å². The van der Waals surface area contributed by atoms with Gasteiger partial charge in [-0.3, -0.25) is 9.69 Å². The van der Waals surface area contributed by atoms with Crippen LogP contribution in [0.3, 0.4) is 0 Å². The van der Waals surface area contributed by atoms with Crippen LogP contribution in [0.25, 0.3) is 11.1 Å². The van der Waals surface area contributed by atoms with Crippen molar-refractivity contribution in [1.29, 1.82) is 0 Å². The molecule has 8 nitrogen and oxygen atoms in total. The lowest BCUT2D eigenvalue weighted by atomic mass is 10.1. The molecular formula is C21H31N5O3S. The van der Waals surface area contributed by atoms with Crippen LogP contribution in [0.4, 0.5) is 6.01 Å². The van der Waals surface area contributed by atoms with Crippen molar-refractivity contribution >= 4 is 34.8 Å². The summed E-state index contributed by atoms with van der Waals surface area (Å²) in [5, 5.41) is 0. The minimum Gasteiger partial charge on any atom is -0.497 e. The number of nitrogens with two attached hydrogens (primary N) is 1. The molecule has 1 atom stereocenters. The Morgan fingerprint density at radius 2 is 2.10 bits per heavy atom.